The largest absolute Gasteiger partial charge is 0.481 e. The minimum absolute atomic E-state index is 0.0357. The van der Waals surface area contributed by atoms with Gasteiger partial charge in [-0.2, -0.15) is 0 Å². The number of aliphatic hydroxyl groups excluding tert-OH is 2. The summed E-state index contributed by atoms with van der Waals surface area (Å²) >= 11 is 0. The Balaban J connectivity index is 1.46. The molecule has 4 N–H and O–H groups in total. The van der Waals surface area contributed by atoms with E-state index in [1.807, 2.05) is 0 Å². The van der Waals surface area contributed by atoms with Gasteiger partial charge >= 0.3 is 5.97 Å². The first-order chi connectivity index (χ1) is 16.5. The number of carboxylic acid groups (broad SMARTS) is 1. The summed E-state index contributed by atoms with van der Waals surface area (Å²) in [6.45, 7) is 9.67. The van der Waals surface area contributed by atoms with Gasteiger partial charge in [0.05, 0.1) is 18.6 Å². The summed E-state index contributed by atoms with van der Waals surface area (Å²) in [6.07, 6.45) is 9.31. The number of carbonyl (C=O) groups excluding carboxylic acids is 1. The summed E-state index contributed by atoms with van der Waals surface area (Å²) in [5, 5.41) is 33.8. The van der Waals surface area contributed by atoms with Crippen molar-refractivity contribution < 1.29 is 24.9 Å². The molecule has 0 aromatic rings. The Bertz CT molecular complexity index is 787. The lowest BCUT2D eigenvalue weighted by molar-refractivity contribution is -0.203. The van der Waals surface area contributed by atoms with Crippen molar-refractivity contribution in [3.8, 4) is 0 Å². The average Bonchev–Trinajstić information content (AvgIpc) is 3.16. The number of fused-ring (bicyclic) bond motifs is 5. The Morgan fingerprint density at radius 2 is 1.66 bits per heavy atom. The van der Waals surface area contributed by atoms with Crippen LogP contribution in [0.1, 0.15) is 98.3 Å². The SMILES string of the molecule is CC[C@H]1[C@@H](O)[C@@H]2[C@H](CC[C@]3(C)[C@@H]([C@H](C)CCC(=O)NCCC(=O)O)CC[C@@H]23)[C@@]2(C)CC[C@@H](O)C[C@@H]12. The fraction of sp³-hybridized carbons (Fsp3) is 0.931. The van der Waals surface area contributed by atoms with Gasteiger partial charge in [0.25, 0.3) is 0 Å². The van der Waals surface area contributed by atoms with Gasteiger partial charge in [-0.05, 0) is 104 Å². The number of nitrogens with one attached hydrogen (secondary N) is 1. The molecule has 6 heteroatoms. The van der Waals surface area contributed by atoms with Crippen LogP contribution in [0.15, 0.2) is 0 Å². The van der Waals surface area contributed by atoms with E-state index in [4.69, 9.17) is 5.11 Å². The molecular weight excluding hydrogens is 442 g/mol. The molecule has 1 amide bonds. The maximum Gasteiger partial charge on any atom is 0.305 e. The van der Waals surface area contributed by atoms with Gasteiger partial charge in [-0.15, -0.1) is 0 Å². The van der Waals surface area contributed by atoms with Crippen LogP contribution in [0.4, 0.5) is 0 Å². The van der Waals surface area contributed by atoms with Crippen molar-refractivity contribution in [2.45, 2.75) is 111 Å². The fourth-order valence-corrected chi connectivity index (χ4v) is 9.89. The molecule has 35 heavy (non-hydrogen) atoms. The zero-order valence-corrected chi connectivity index (χ0v) is 22.3. The Labute approximate surface area is 211 Å². The van der Waals surface area contributed by atoms with E-state index in [9.17, 15) is 19.8 Å². The van der Waals surface area contributed by atoms with Crippen molar-refractivity contribution in [2.24, 2.45) is 52.3 Å². The molecule has 4 fully saturated rings. The van der Waals surface area contributed by atoms with Crippen LogP contribution in [0.25, 0.3) is 0 Å². The molecule has 4 aliphatic rings. The van der Waals surface area contributed by atoms with Gasteiger partial charge in [-0.3, -0.25) is 9.59 Å². The highest BCUT2D eigenvalue weighted by molar-refractivity contribution is 5.76. The predicted octanol–water partition coefficient (Wildman–Crippen LogP) is 4.62. The number of aliphatic carboxylic acids is 1. The summed E-state index contributed by atoms with van der Waals surface area (Å²) in [6, 6.07) is 0. The number of amides is 1. The van der Waals surface area contributed by atoms with Crippen LogP contribution < -0.4 is 5.32 Å². The van der Waals surface area contributed by atoms with E-state index in [1.165, 1.54) is 25.7 Å². The Hall–Kier alpha value is -1.14. The summed E-state index contributed by atoms with van der Waals surface area (Å²) < 4.78 is 0. The lowest BCUT2D eigenvalue weighted by Gasteiger charge is -2.64. The van der Waals surface area contributed by atoms with Crippen LogP contribution in [0.3, 0.4) is 0 Å². The molecular formula is C29H49NO5. The summed E-state index contributed by atoms with van der Waals surface area (Å²) in [5.41, 5.74) is 0.430. The lowest BCUT2D eigenvalue weighted by atomic mass is 9.41. The molecule has 6 nitrogen and oxygen atoms in total. The Morgan fingerprint density at radius 1 is 0.971 bits per heavy atom. The van der Waals surface area contributed by atoms with E-state index in [0.717, 1.165) is 32.1 Å². The standard InChI is InChI=1S/C29H49NO5/c1-5-19-23-16-18(31)10-13-29(23,4)22-11-14-28(3)20(7-8-21(28)26(22)27(19)35)17(2)6-9-24(32)30-15-12-25(33)34/h17-23,26-27,31,35H,5-16H2,1-4H3,(H,30,32)(H,33,34)/t17-,18-,19-,20-,21+,22+,23+,26+,27-,28-,29-/m1/s1. The summed E-state index contributed by atoms with van der Waals surface area (Å²) in [4.78, 5) is 22.9. The zero-order valence-electron chi connectivity index (χ0n) is 22.3. The van der Waals surface area contributed by atoms with E-state index in [-0.39, 0.29) is 47.8 Å². The van der Waals surface area contributed by atoms with E-state index in [0.29, 0.717) is 41.9 Å². The van der Waals surface area contributed by atoms with Gasteiger partial charge in [0.15, 0.2) is 0 Å². The van der Waals surface area contributed by atoms with E-state index in [2.05, 4.69) is 33.0 Å². The molecule has 4 saturated carbocycles. The van der Waals surface area contributed by atoms with Crippen LogP contribution in [-0.2, 0) is 9.59 Å². The van der Waals surface area contributed by atoms with Crippen LogP contribution in [0, 0.1) is 52.3 Å². The highest BCUT2D eigenvalue weighted by atomic mass is 16.4. The normalized spacial score (nSPS) is 45.7. The number of carboxylic acids is 1. The number of rotatable bonds is 8. The summed E-state index contributed by atoms with van der Waals surface area (Å²) in [7, 11) is 0. The second-order valence-corrected chi connectivity index (χ2v) is 13.1. The number of aliphatic hydroxyl groups is 2. The fourth-order valence-electron chi connectivity index (χ4n) is 9.89. The second kappa shape index (κ2) is 10.3. The molecule has 0 heterocycles. The minimum atomic E-state index is -0.890. The maximum atomic E-state index is 12.2. The topological polar surface area (TPSA) is 107 Å². The van der Waals surface area contributed by atoms with Crippen molar-refractivity contribution >= 4 is 11.9 Å². The first kappa shape index (κ1) is 26.9. The van der Waals surface area contributed by atoms with E-state index < -0.39 is 5.97 Å². The number of hydrogen-bond acceptors (Lipinski definition) is 4. The third-order valence-corrected chi connectivity index (χ3v) is 11.6. The van der Waals surface area contributed by atoms with E-state index >= 15 is 0 Å². The molecule has 11 atom stereocenters. The van der Waals surface area contributed by atoms with Gasteiger partial charge in [-0.1, -0.05) is 34.1 Å². The molecule has 0 spiro atoms. The highest BCUT2D eigenvalue weighted by Gasteiger charge is 2.64. The van der Waals surface area contributed by atoms with Crippen LogP contribution in [0.2, 0.25) is 0 Å². The van der Waals surface area contributed by atoms with Crippen LogP contribution in [0.5, 0.6) is 0 Å². The van der Waals surface area contributed by atoms with E-state index in [1.54, 1.807) is 0 Å². The zero-order chi connectivity index (χ0) is 25.5. The molecule has 0 aromatic carbocycles. The van der Waals surface area contributed by atoms with Crippen LogP contribution in [-0.4, -0.2) is 45.9 Å². The molecule has 0 radical (unpaired) electrons. The number of hydrogen-bond donors (Lipinski definition) is 4. The Morgan fingerprint density at radius 3 is 2.34 bits per heavy atom. The van der Waals surface area contributed by atoms with Crippen molar-refractivity contribution in [3.05, 3.63) is 0 Å². The second-order valence-electron chi connectivity index (χ2n) is 13.1. The lowest BCUT2D eigenvalue weighted by Crippen LogP contribution is -2.62. The van der Waals surface area contributed by atoms with Gasteiger partial charge < -0.3 is 20.6 Å². The Kier molecular flexibility index (Phi) is 7.93. The smallest absolute Gasteiger partial charge is 0.305 e. The summed E-state index contributed by atoms with van der Waals surface area (Å²) in [5.74, 6) is 2.20. The molecule has 0 saturated heterocycles. The maximum absolute atomic E-state index is 12.2. The minimum Gasteiger partial charge on any atom is -0.481 e. The first-order valence-electron chi connectivity index (χ1n) is 14.4. The predicted molar refractivity (Wildman–Crippen MR) is 135 cm³/mol. The molecule has 200 valence electrons. The quantitative estimate of drug-likeness (QED) is 0.396. The molecule has 0 aliphatic heterocycles. The van der Waals surface area contributed by atoms with Crippen molar-refractivity contribution in [1.82, 2.24) is 5.32 Å². The van der Waals surface area contributed by atoms with Crippen molar-refractivity contribution in [1.29, 1.82) is 0 Å². The van der Waals surface area contributed by atoms with Gasteiger partial charge in [-0.25, -0.2) is 0 Å². The monoisotopic (exact) mass is 491 g/mol. The van der Waals surface area contributed by atoms with Crippen LogP contribution >= 0.6 is 0 Å². The average molecular weight is 492 g/mol. The van der Waals surface area contributed by atoms with Gasteiger partial charge in [0.2, 0.25) is 5.91 Å². The third kappa shape index (κ3) is 4.79. The van der Waals surface area contributed by atoms with Crippen molar-refractivity contribution in [2.75, 3.05) is 6.54 Å². The third-order valence-electron chi connectivity index (χ3n) is 11.6. The van der Waals surface area contributed by atoms with Gasteiger partial charge in [0, 0.05) is 13.0 Å². The molecule has 4 rings (SSSR count). The molecule has 0 unspecified atom stereocenters. The molecule has 0 bridgehead atoms. The highest BCUT2D eigenvalue weighted by Crippen LogP contribution is 2.69. The molecule has 4 aliphatic carbocycles. The first-order valence-corrected chi connectivity index (χ1v) is 14.4. The molecule has 0 aromatic heterocycles. The van der Waals surface area contributed by atoms with Gasteiger partial charge in [0.1, 0.15) is 0 Å². The van der Waals surface area contributed by atoms with Crippen molar-refractivity contribution in [3.63, 3.8) is 0 Å². The number of carbonyl (C=O) groups is 2.